The Morgan fingerprint density at radius 3 is 2.10 bits per heavy atom. The Bertz CT molecular complexity index is 1220. The summed E-state index contributed by atoms with van der Waals surface area (Å²) in [5.74, 6) is -0.550. The van der Waals surface area contributed by atoms with Crippen molar-refractivity contribution < 1.29 is 23.1 Å². The van der Waals surface area contributed by atoms with Crippen molar-refractivity contribution in [1.29, 1.82) is 0 Å². The van der Waals surface area contributed by atoms with E-state index in [4.69, 9.17) is 0 Å². The van der Waals surface area contributed by atoms with Gasteiger partial charge < -0.3 is 10.4 Å². The number of nitrogens with one attached hydrogen (secondary N) is 2. The van der Waals surface area contributed by atoms with Crippen molar-refractivity contribution in [2.75, 3.05) is 5.32 Å². The van der Waals surface area contributed by atoms with E-state index in [1.165, 1.54) is 31.2 Å². The molecule has 1 amide bonds. The van der Waals surface area contributed by atoms with Gasteiger partial charge in [-0.3, -0.25) is 9.59 Å². The van der Waals surface area contributed by atoms with Crippen molar-refractivity contribution in [3.05, 3.63) is 89.0 Å². The van der Waals surface area contributed by atoms with E-state index < -0.39 is 15.9 Å². The maximum absolute atomic E-state index is 12.4. The molecule has 0 aliphatic rings. The van der Waals surface area contributed by atoms with Crippen LogP contribution in [0.15, 0.2) is 71.6 Å². The van der Waals surface area contributed by atoms with Crippen LogP contribution in [-0.2, 0) is 16.6 Å². The van der Waals surface area contributed by atoms with Crippen molar-refractivity contribution in [2.24, 2.45) is 0 Å². The topological polar surface area (TPSA) is 113 Å². The third kappa shape index (κ3) is 5.56. The number of anilines is 1. The number of aromatic hydroxyl groups is 1. The number of hydrogen-bond acceptors (Lipinski definition) is 5. The second-order valence-electron chi connectivity index (χ2n) is 7.08. The molecule has 31 heavy (non-hydrogen) atoms. The number of phenolic OH excluding ortho intramolecular Hbond substituents is 1. The molecule has 3 aromatic carbocycles. The minimum atomic E-state index is -3.74. The van der Waals surface area contributed by atoms with Gasteiger partial charge in [-0.05, 0) is 61.4 Å². The van der Waals surface area contributed by atoms with Crippen LogP contribution in [0.5, 0.6) is 5.75 Å². The molecule has 0 heterocycles. The third-order valence-corrected chi connectivity index (χ3v) is 6.07. The number of aryl methyl sites for hydroxylation is 1. The van der Waals surface area contributed by atoms with E-state index in [1.54, 1.807) is 42.5 Å². The quantitative estimate of drug-likeness (QED) is 0.385. The molecule has 0 saturated heterocycles. The highest BCUT2D eigenvalue weighted by Gasteiger charge is 2.15. The predicted molar refractivity (Wildman–Crippen MR) is 118 cm³/mol. The molecule has 0 spiro atoms. The van der Waals surface area contributed by atoms with E-state index in [1.807, 2.05) is 6.92 Å². The Kier molecular flexibility index (Phi) is 6.53. The standard InChI is InChI=1S/C23H22N2O5S/c1-15-3-12-21(22(27)13-15)25-23(28)19-6-4-17(5-7-19)14-24-31(29,30)20-10-8-18(9-11-20)16(2)26/h3-13,24,27H,14H2,1-2H3,(H,25,28). The van der Waals surface area contributed by atoms with Crippen molar-refractivity contribution in [1.82, 2.24) is 4.72 Å². The van der Waals surface area contributed by atoms with Gasteiger partial charge in [0.15, 0.2) is 5.78 Å². The number of sulfonamides is 1. The van der Waals surface area contributed by atoms with E-state index >= 15 is 0 Å². The first-order valence-corrected chi connectivity index (χ1v) is 10.9. The second kappa shape index (κ2) is 9.11. The highest BCUT2D eigenvalue weighted by atomic mass is 32.2. The summed E-state index contributed by atoms with van der Waals surface area (Å²) in [7, 11) is -3.74. The van der Waals surface area contributed by atoms with Crippen molar-refractivity contribution >= 4 is 27.4 Å². The number of ketones is 1. The molecule has 3 rings (SSSR count). The van der Waals surface area contributed by atoms with Crippen LogP contribution in [0.25, 0.3) is 0 Å². The molecule has 0 unspecified atom stereocenters. The number of Topliss-reactive ketones (excluding diaryl/α,β-unsaturated/α-hetero) is 1. The first-order valence-electron chi connectivity index (χ1n) is 9.46. The SMILES string of the molecule is CC(=O)c1ccc(S(=O)(=O)NCc2ccc(C(=O)Nc3ccc(C)cc3O)cc2)cc1. The summed E-state index contributed by atoms with van der Waals surface area (Å²) in [4.78, 5) is 23.8. The Hall–Kier alpha value is -3.49. The van der Waals surface area contributed by atoms with Gasteiger partial charge in [0.05, 0.1) is 10.6 Å². The summed E-state index contributed by atoms with van der Waals surface area (Å²) in [5, 5.41) is 12.6. The number of amides is 1. The molecule has 0 aromatic heterocycles. The van der Waals surface area contributed by atoms with Gasteiger partial charge in [-0.25, -0.2) is 13.1 Å². The minimum absolute atomic E-state index is 0.0179. The van der Waals surface area contributed by atoms with E-state index in [-0.39, 0.29) is 23.0 Å². The van der Waals surface area contributed by atoms with E-state index in [2.05, 4.69) is 10.0 Å². The zero-order chi connectivity index (χ0) is 22.6. The number of phenols is 1. The molecule has 0 fully saturated rings. The monoisotopic (exact) mass is 438 g/mol. The fraction of sp³-hybridized carbons (Fsp3) is 0.130. The molecular weight excluding hydrogens is 416 g/mol. The second-order valence-corrected chi connectivity index (χ2v) is 8.84. The van der Waals surface area contributed by atoms with Crippen molar-refractivity contribution in [3.8, 4) is 5.75 Å². The number of carbonyl (C=O) groups excluding carboxylic acids is 2. The molecule has 160 valence electrons. The molecule has 0 atom stereocenters. The molecule has 7 nitrogen and oxygen atoms in total. The lowest BCUT2D eigenvalue weighted by molar-refractivity contribution is 0.101. The highest BCUT2D eigenvalue weighted by Crippen LogP contribution is 2.24. The van der Waals surface area contributed by atoms with Crippen molar-refractivity contribution in [3.63, 3.8) is 0 Å². The first-order chi connectivity index (χ1) is 14.7. The van der Waals surface area contributed by atoms with Gasteiger partial charge in [-0.15, -0.1) is 0 Å². The Balaban J connectivity index is 1.63. The van der Waals surface area contributed by atoms with Crippen LogP contribution in [-0.4, -0.2) is 25.2 Å². The molecule has 0 bridgehead atoms. The van der Waals surface area contributed by atoms with E-state index in [0.29, 0.717) is 22.4 Å². The Labute approximate surface area is 180 Å². The van der Waals surface area contributed by atoms with Crippen LogP contribution < -0.4 is 10.0 Å². The van der Waals surface area contributed by atoms with E-state index in [9.17, 15) is 23.1 Å². The Morgan fingerprint density at radius 1 is 0.903 bits per heavy atom. The lowest BCUT2D eigenvalue weighted by atomic mass is 10.1. The lowest BCUT2D eigenvalue weighted by Gasteiger charge is -2.10. The molecule has 0 aliphatic heterocycles. The fourth-order valence-electron chi connectivity index (χ4n) is 2.85. The average molecular weight is 439 g/mol. The molecule has 3 aromatic rings. The molecule has 0 saturated carbocycles. The van der Waals surface area contributed by atoms with Crippen LogP contribution in [0, 0.1) is 6.92 Å². The fourth-order valence-corrected chi connectivity index (χ4v) is 3.86. The molecule has 8 heteroatoms. The summed E-state index contributed by atoms with van der Waals surface area (Å²) in [6, 6.07) is 17.1. The van der Waals surface area contributed by atoms with Gasteiger partial charge in [-0.1, -0.05) is 30.3 Å². The average Bonchev–Trinajstić information content (AvgIpc) is 2.74. The highest BCUT2D eigenvalue weighted by molar-refractivity contribution is 7.89. The smallest absolute Gasteiger partial charge is 0.255 e. The largest absolute Gasteiger partial charge is 0.506 e. The number of benzene rings is 3. The van der Waals surface area contributed by atoms with Gasteiger partial charge in [0.2, 0.25) is 10.0 Å². The molecular formula is C23H22N2O5S. The first kappa shape index (κ1) is 22.2. The number of rotatable bonds is 7. The number of hydrogen-bond donors (Lipinski definition) is 3. The van der Waals surface area contributed by atoms with E-state index in [0.717, 1.165) is 5.56 Å². The van der Waals surface area contributed by atoms with Crippen LogP contribution in [0.2, 0.25) is 0 Å². The molecule has 3 N–H and O–H groups in total. The molecule has 0 radical (unpaired) electrons. The van der Waals surface area contributed by atoms with Gasteiger partial charge in [0.1, 0.15) is 5.75 Å². The summed E-state index contributed by atoms with van der Waals surface area (Å²) >= 11 is 0. The maximum atomic E-state index is 12.4. The van der Waals surface area contributed by atoms with Gasteiger partial charge in [0, 0.05) is 17.7 Å². The van der Waals surface area contributed by atoms with Crippen LogP contribution in [0.4, 0.5) is 5.69 Å². The maximum Gasteiger partial charge on any atom is 0.255 e. The lowest BCUT2D eigenvalue weighted by Crippen LogP contribution is -2.23. The zero-order valence-corrected chi connectivity index (χ0v) is 17.9. The third-order valence-electron chi connectivity index (χ3n) is 4.66. The zero-order valence-electron chi connectivity index (χ0n) is 17.0. The van der Waals surface area contributed by atoms with Gasteiger partial charge >= 0.3 is 0 Å². The predicted octanol–water partition coefficient (Wildman–Crippen LogP) is 3.63. The van der Waals surface area contributed by atoms with Crippen LogP contribution in [0.1, 0.15) is 38.8 Å². The van der Waals surface area contributed by atoms with Gasteiger partial charge in [-0.2, -0.15) is 0 Å². The summed E-state index contributed by atoms with van der Waals surface area (Å²) < 4.78 is 27.4. The molecule has 0 aliphatic carbocycles. The van der Waals surface area contributed by atoms with Crippen LogP contribution in [0.3, 0.4) is 0 Å². The normalized spacial score (nSPS) is 11.2. The Morgan fingerprint density at radius 2 is 1.52 bits per heavy atom. The number of carbonyl (C=O) groups is 2. The summed E-state index contributed by atoms with van der Waals surface area (Å²) in [6.45, 7) is 3.28. The summed E-state index contributed by atoms with van der Waals surface area (Å²) in [6.07, 6.45) is 0. The minimum Gasteiger partial charge on any atom is -0.506 e. The summed E-state index contributed by atoms with van der Waals surface area (Å²) in [5.41, 5.74) is 2.65. The van der Waals surface area contributed by atoms with Crippen molar-refractivity contribution in [2.45, 2.75) is 25.3 Å². The van der Waals surface area contributed by atoms with Gasteiger partial charge in [0.25, 0.3) is 5.91 Å². The van der Waals surface area contributed by atoms with Crippen LogP contribution >= 0.6 is 0 Å².